The molecule has 1 aromatic carbocycles. The van der Waals surface area contributed by atoms with Crippen molar-refractivity contribution in [1.29, 1.82) is 0 Å². The molecule has 3 heteroatoms. The molecule has 0 aliphatic heterocycles. The van der Waals surface area contributed by atoms with Crippen LogP contribution in [0.25, 0.3) is 0 Å². The first-order chi connectivity index (χ1) is 6.36. The highest BCUT2D eigenvalue weighted by Crippen LogP contribution is 2.23. The number of para-hydroxylation sites is 1. The van der Waals surface area contributed by atoms with E-state index in [9.17, 15) is 0 Å². The summed E-state index contributed by atoms with van der Waals surface area (Å²) in [6.45, 7) is 1.99. The fourth-order valence-corrected chi connectivity index (χ4v) is 1.56. The second-order valence-electron chi connectivity index (χ2n) is 2.72. The molecule has 13 heavy (non-hydrogen) atoms. The number of rotatable bonds is 2. The number of aryl methyl sites for hydroxylation is 1. The third kappa shape index (κ3) is 1.87. The second kappa shape index (κ2) is 3.58. The van der Waals surface area contributed by atoms with Crippen molar-refractivity contribution >= 4 is 11.5 Å². The van der Waals surface area contributed by atoms with Gasteiger partial charge < -0.3 is 4.74 Å². The molecule has 2 aromatic rings. The Hall–Kier alpha value is -1.35. The fourth-order valence-electron chi connectivity index (χ4n) is 0.975. The summed E-state index contributed by atoms with van der Waals surface area (Å²) >= 11 is 1.41. The fraction of sp³-hybridized carbons (Fsp3) is 0.100. The van der Waals surface area contributed by atoms with Crippen molar-refractivity contribution < 1.29 is 4.74 Å². The van der Waals surface area contributed by atoms with Gasteiger partial charge in [0.05, 0.1) is 0 Å². The third-order valence-corrected chi connectivity index (χ3v) is 2.39. The molecule has 0 saturated heterocycles. The first kappa shape index (κ1) is 8.26. The van der Waals surface area contributed by atoms with E-state index in [4.69, 9.17) is 4.74 Å². The molecule has 0 fully saturated rings. The normalized spacial score (nSPS) is 9.92. The van der Waals surface area contributed by atoms with E-state index in [0.29, 0.717) is 5.88 Å². The smallest absolute Gasteiger partial charge is 0.233 e. The van der Waals surface area contributed by atoms with Crippen molar-refractivity contribution in [3.63, 3.8) is 0 Å². The van der Waals surface area contributed by atoms with Gasteiger partial charge in [0.25, 0.3) is 0 Å². The molecule has 0 N–H and O–H groups in total. The van der Waals surface area contributed by atoms with Gasteiger partial charge in [0.1, 0.15) is 5.75 Å². The van der Waals surface area contributed by atoms with Gasteiger partial charge in [0, 0.05) is 10.9 Å². The molecule has 1 aromatic heterocycles. The van der Waals surface area contributed by atoms with Gasteiger partial charge in [-0.05, 0) is 30.6 Å². The van der Waals surface area contributed by atoms with Crippen LogP contribution in [0.1, 0.15) is 5.56 Å². The summed E-state index contributed by atoms with van der Waals surface area (Å²) in [6.07, 6.45) is 0. The standard InChI is InChI=1S/C10H9NOS/c1-8-7-13-11-10(8)12-9-5-3-2-4-6-9/h2-7H,1H3. The van der Waals surface area contributed by atoms with Crippen molar-refractivity contribution in [3.05, 3.63) is 41.3 Å². The quantitative estimate of drug-likeness (QED) is 0.727. The monoisotopic (exact) mass is 191 g/mol. The van der Waals surface area contributed by atoms with E-state index in [1.165, 1.54) is 11.5 Å². The lowest BCUT2D eigenvalue weighted by atomic mass is 10.3. The van der Waals surface area contributed by atoms with Gasteiger partial charge >= 0.3 is 0 Å². The van der Waals surface area contributed by atoms with E-state index in [1.807, 2.05) is 42.6 Å². The molecular formula is C10H9NOS. The van der Waals surface area contributed by atoms with Crippen LogP contribution < -0.4 is 4.74 Å². The Balaban J connectivity index is 2.20. The van der Waals surface area contributed by atoms with Gasteiger partial charge in [0.2, 0.25) is 5.88 Å². The maximum Gasteiger partial charge on any atom is 0.233 e. The predicted molar refractivity (Wildman–Crippen MR) is 53.4 cm³/mol. The molecule has 2 nitrogen and oxygen atoms in total. The van der Waals surface area contributed by atoms with Crippen LogP contribution >= 0.6 is 11.5 Å². The van der Waals surface area contributed by atoms with Gasteiger partial charge in [0.15, 0.2) is 0 Å². The van der Waals surface area contributed by atoms with E-state index in [1.54, 1.807) is 0 Å². The number of nitrogens with zero attached hydrogens (tertiary/aromatic N) is 1. The van der Waals surface area contributed by atoms with E-state index in [2.05, 4.69) is 4.37 Å². The highest BCUT2D eigenvalue weighted by atomic mass is 32.1. The molecule has 0 spiro atoms. The van der Waals surface area contributed by atoms with Gasteiger partial charge in [-0.25, -0.2) is 0 Å². The molecule has 0 radical (unpaired) electrons. The zero-order valence-electron chi connectivity index (χ0n) is 7.23. The minimum Gasteiger partial charge on any atom is -0.438 e. The molecule has 66 valence electrons. The zero-order valence-corrected chi connectivity index (χ0v) is 8.04. The summed E-state index contributed by atoms with van der Waals surface area (Å²) in [6, 6.07) is 9.67. The Labute approximate surface area is 81.0 Å². The third-order valence-electron chi connectivity index (χ3n) is 1.66. The molecule has 0 saturated carbocycles. The number of aromatic nitrogens is 1. The van der Waals surface area contributed by atoms with Crippen LogP contribution in [-0.2, 0) is 0 Å². The average molecular weight is 191 g/mol. The first-order valence-electron chi connectivity index (χ1n) is 4.00. The lowest BCUT2D eigenvalue weighted by Gasteiger charge is -2.01. The molecule has 0 bridgehead atoms. The van der Waals surface area contributed by atoms with E-state index < -0.39 is 0 Å². The molecule has 0 aliphatic carbocycles. The summed E-state index contributed by atoms with van der Waals surface area (Å²) in [5.41, 5.74) is 1.08. The van der Waals surface area contributed by atoms with Crippen molar-refractivity contribution in [1.82, 2.24) is 4.37 Å². The first-order valence-corrected chi connectivity index (χ1v) is 4.84. The Morgan fingerprint density at radius 2 is 2.00 bits per heavy atom. The second-order valence-corrected chi connectivity index (χ2v) is 3.35. The average Bonchev–Trinajstić information content (AvgIpc) is 2.54. The lowest BCUT2D eigenvalue weighted by Crippen LogP contribution is -1.84. The van der Waals surface area contributed by atoms with Crippen molar-refractivity contribution in [3.8, 4) is 11.6 Å². The predicted octanol–water partition coefficient (Wildman–Crippen LogP) is 3.24. The van der Waals surface area contributed by atoms with Gasteiger partial charge in [-0.2, -0.15) is 4.37 Å². The number of benzene rings is 1. The molecule has 0 unspecified atom stereocenters. The molecule has 2 rings (SSSR count). The maximum atomic E-state index is 5.55. The molecule has 0 aliphatic rings. The van der Waals surface area contributed by atoms with E-state index in [-0.39, 0.29) is 0 Å². The summed E-state index contributed by atoms with van der Waals surface area (Å²) < 4.78 is 9.68. The van der Waals surface area contributed by atoms with Crippen LogP contribution in [0.2, 0.25) is 0 Å². The minimum atomic E-state index is 0.705. The molecule has 1 heterocycles. The number of hydrogen-bond donors (Lipinski definition) is 0. The van der Waals surface area contributed by atoms with Gasteiger partial charge in [-0.15, -0.1) is 0 Å². The topological polar surface area (TPSA) is 22.1 Å². The van der Waals surface area contributed by atoms with Gasteiger partial charge in [-0.3, -0.25) is 0 Å². The Bertz CT molecular complexity index is 383. The van der Waals surface area contributed by atoms with Crippen LogP contribution in [0, 0.1) is 6.92 Å². The van der Waals surface area contributed by atoms with E-state index in [0.717, 1.165) is 11.3 Å². The van der Waals surface area contributed by atoms with E-state index >= 15 is 0 Å². The van der Waals surface area contributed by atoms with Crippen LogP contribution in [0.3, 0.4) is 0 Å². The van der Waals surface area contributed by atoms with Crippen molar-refractivity contribution in [2.75, 3.05) is 0 Å². The molecule has 0 atom stereocenters. The SMILES string of the molecule is Cc1csnc1Oc1ccccc1. The molecule has 0 amide bonds. The number of ether oxygens (including phenoxy) is 1. The zero-order chi connectivity index (χ0) is 9.10. The highest BCUT2D eigenvalue weighted by Gasteiger charge is 2.02. The van der Waals surface area contributed by atoms with Crippen LogP contribution in [-0.4, -0.2) is 4.37 Å². The van der Waals surface area contributed by atoms with Crippen molar-refractivity contribution in [2.45, 2.75) is 6.92 Å². The maximum absolute atomic E-state index is 5.55. The van der Waals surface area contributed by atoms with Crippen LogP contribution in [0.5, 0.6) is 11.6 Å². The van der Waals surface area contributed by atoms with Crippen LogP contribution in [0.15, 0.2) is 35.7 Å². The number of hydrogen-bond acceptors (Lipinski definition) is 3. The lowest BCUT2D eigenvalue weighted by molar-refractivity contribution is 0.465. The van der Waals surface area contributed by atoms with Crippen molar-refractivity contribution in [2.24, 2.45) is 0 Å². The minimum absolute atomic E-state index is 0.705. The van der Waals surface area contributed by atoms with Gasteiger partial charge in [-0.1, -0.05) is 18.2 Å². The van der Waals surface area contributed by atoms with Crippen LogP contribution in [0.4, 0.5) is 0 Å². The highest BCUT2D eigenvalue weighted by molar-refractivity contribution is 7.03. The molecular weight excluding hydrogens is 182 g/mol. The summed E-state index contributed by atoms with van der Waals surface area (Å²) in [7, 11) is 0. The largest absolute Gasteiger partial charge is 0.438 e. The summed E-state index contributed by atoms with van der Waals surface area (Å²) in [5.74, 6) is 1.53. The Morgan fingerprint density at radius 3 is 2.62 bits per heavy atom. The summed E-state index contributed by atoms with van der Waals surface area (Å²) in [5, 5.41) is 1.97. The Kier molecular flexibility index (Phi) is 2.27. The Morgan fingerprint density at radius 1 is 1.23 bits per heavy atom. The summed E-state index contributed by atoms with van der Waals surface area (Å²) in [4.78, 5) is 0.